The molecule has 0 saturated carbocycles. The van der Waals surface area contributed by atoms with Crippen molar-refractivity contribution in [1.82, 2.24) is 5.32 Å². The van der Waals surface area contributed by atoms with Gasteiger partial charge >= 0.3 is 5.97 Å². The highest BCUT2D eigenvalue weighted by molar-refractivity contribution is 5.92. The van der Waals surface area contributed by atoms with E-state index < -0.39 is 12.1 Å². The monoisotopic (exact) mass is 317 g/mol. The first-order valence-corrected chi connectivity index (χ1v) is 6.48. The van der Waals surface area contributed by atoms with E-state index in [1.54, 1.807) is 18.2 Å². The van der Waals surface area contributed by atoms with Crippen LogP contribution in [0.2, 0.25) is 0 Å². The standard InChI is InChI=1S/C15H23NO4.ClH/c1-15(2,3)16-9-12(17)10-6-7-13(19-4)11(8-10)14(18)20-5;/h6-8,12,16-17H,9H2,1-5H3;1H. The molecule has 0 fully saturated rings. The molecule has 0 aliphatic heterocycles. The molecule has 21 heavy (non-hydrogen) atoms. The molecule has 120 valence electrons. The number of nitrogens with one attached hydrogen (secondary N) is 1. The summed E-state index contributed by atoms with van der Waals surface area (Å²) in [5.74, 6) is -0.0590. The van der Waals surface area contributed by atoms with Crippen LogP contribution in [0.25, 0.3) is 0 Å². The van der Waals surface area contributed by atoms with Crippen molar-refractivity contribution in [2.24, 2.45) is 0 Å². The molecule has 0 spiro atoms. The smallest absolute Gasteiger partial charge is 0.341 e. The molecule has 2 N–H and O–H groups in total. The number of halogens is 1. The van der Waals surface area contributed by atoms with Gasteiger partial charge in [-0.3, -0.25) is 0 Å². The maximum absolute atomic E-state index is 11.7. The summed E-state index contributed by atoms with van der Waals surface area (Å²) in [6.07, 6.45) is -0.705. The van der Waals surface area contributed by atoms with Gasteiger partial charge in [-0.05, 0) is 38.5 Å². The van der Waals surface area contributed by atoms with Crippen LogP contribution in [0.3, 0.4) is 0 Å². The van der Waals surface area contributed by atoms with Crippen molar-refractivity contribution in [3.8, 4) is 5.75 Å². The van der Waals surface area contributed by atoms with Crippen LogP contribution in [0.4, 0.5) is 0 Å². The maximum atomic E-state index is 11.7. The van der Waals surface area contributed by atoms with Gasteiger partial charge in [0.25, 0.3) is 0 Å². The van der Waals surface area contributed by atoms with Gasteiger partial charge in [-0.2, -0.15) is 0 Å². The summed E-state index contributed by atoms with van der Waals surface area (Å²) in [5.41, 5.74) is 0.865. The first-order valence-electron chi connectivity index (χ1n) is 6.48. The summed E-state index contributed by atoms with van der Waals surface area (Å²) >= 11 is 0. The summed E-state index contributed by atoms with van der Waals surface area (Å²) in [5, 5.41) is 13.4. The average molecular weight is 318 g/mol. The van der Waals surface area contributed by atoms with Crippen LogP contribution in [-0.4, -0.2) is 37.4 Å². The molecule has 1 atom stereocenters. The van der Waals surface area contributed by atoms with E-state index in [1.807, 2.05) is 20.8 Å². The van der Waals surface area contributed by atoms with Gasteiger partial charge in [-0.1, -0.05) is 6.07 Å². The van der Waals surface area contributed by atoms with Crippen molar-refractivity contribution in [2.45, 2.75) is 32.4 Å². The zero-order chi connectivity index (χ0) is 15.3. The lowest BCUT2D eigenvalue weighted by atomic mass is 10.0. The lowest BCUT2D eigenvalue weighted by molar-refractivity contribution is 0.0596. The van der Waals surface area contributed by atoms with Crippen molar-refractivity contribution in [2.75, 3.05) is 20.8 Å². The second-order valence-electron chi connectivity index (χ2n) is 5.60. The lowest BCUT2D eigenvalue weighted by Gasteiger charge is -2.23. The molecule has 0 aliphatic carbocycles. The fourth-order valence-electron chi connectivity index (χ4n) is 1.72. The Morgan fingerprint density at radius 3 is 2.43 bits per heavy atom. The van der Waals surface area contributed by atoms with Gasteiger partial charge in [-0.15, -0.1) is 12.4 Å². The summed E-state index contributed by atoms with van der Waals surface area (Å²) in [7, 11) is 2.80. The molecule has 0 aliphatic rings. The molecule has 0 amide bonds. The SMILES string of the molecule is COC(=O)c1cc(C(O)CNC(C)(C)C)ccc1OC.Cl. The summed E-state index contributed by atoms with van der Waals surface area (Å²) in [6, 6.07) is 4.99. The number of methoxy groups -OCH3 is 2. The third-order valence-electron chi connectivity index (χ3n) is 2.84. The molecule has 1 unspecified atom stereocenters. The summed E-state index contributed by atoms with van der Waals surface area (Å²) < 4.78 is 9.83. The van der Waals surface area contributed by atoms with Crippen molar-refractivity contribution >= 4 is 18.4 Å². The Hall–Kier alpha value is -1.30. The minimum atomic E-state index is -0.705. The van der Waals surface area contributed by atoms with Gasteiger partial charge in [0.15, 0.2) is 0 Å². The van der Waals surface area contributed by atoms with E-state index in [4.69, 9.17) is 9.47 Å². The molecule has 1 rings (SSSR count). The lowest BCUT2D eigenvalue weighted by Crippen LogP contribution is -2.38. The van der Waals surface area contributed by atoms with Gasteiger partial charge in [0.05, 0.1) is 20.3 Å². The molecule has 0 heterocycles. The number of ether oxygens (including phenoxy) is 2. The zero-order valence-corrected chi connectivity index (χ0v) is 13.9. The topological polar surface area (TPSA) is 67.8 Å². The van der Waals surface area contributed by atoms with Gasteiger partial charge in [0, 0.05) is 12.1 Å². The summed E-state index contributed by atoms with van der Waals surface area (Å²) in [6.45, 7) is 6.46. The van der Waals surface area contributed by atoms with Crippen LogP contribution in [-0.2, 0) is 4.74 Å². The van der Waals surface area contributed by atoms with Crippen LogP contribution in [0.15, 0.2) is 18.2 Å². The minimum absolute atomic E-state index is 0. The molecule has 6 heteroatoms. The largest absolute Gasteiger partial charge is 0.496 e. The van der Waals surface area contributed by atoms with Crippen LogP contribution in [0.5, 0.6) is 5.75 Å². The molecular formula is C15H24ClNO4. The molecule has 5 nitrogen and oxygen atoms in total. The van der Waals surface area contributed by atoms with Crippen molar-refractivity contribution in [3.63, 3.8) is 0 Å². The Morgan fingerprint density at radius 1 is 1.33 bits per heavy atom. The predicted octanol–water partition coefficient (Wildman–Crippen LogP) is 2.33. The highest BCUT2D eigenvalue weighted by atomic mass is 35.5. The van der Waals surface area contributed by atoms with E-state index in [2.05, 4.69) is 5.32 Å². The van der Waals surface area contributed by atoms with Crippen LogP contribution >= 0.6 is 12.4 Å². The second kappa shape index (κ2) is 8.22. The Morgan fingerprint density at radius 2 is 1.95 bits per heavy atom. The number of aliphatic hydroxyl groups is 1. The van der Waals surface area contributed by atoms with Gasteiger partial charge in [-0.25, -0.2) is 4.79 Å². The van der Waals surface area contributed by atoms with Gasteiger partial charge in [0.1, 0.15) is 11.3 Å². The maximum Gasteiger partial charge on any atom is 0.341 e. The number of hydrogen-bond donors (Lipinski definition) is 2. The number of carbonyl (C=O) groups is 1. The van der Waals surface area contributed by atoms with Gasteiger partial charge < -0.3 is 19.9 Å². The molecule has 1 aromatic carbocycles. The number of esters is 1. The normalized spacial score (nSPS) is 12.3. The Labute approximate surface area is 132 Å². The average Bonchev–Trinajstić information content (AvgIpc) is 2.42. The second-order valence-corrected chi connectivity index (χ2v) is 5.60. The van der Waals surface area contributed by atoms with Crippen molar-refractivity contribution < 1.29 is 19.4 Å². The third-order valence-corrected chi connectivity index (χ3v) is 2.84. The molecular weight excluding hydrogens is 294 g/mol. The fourth-order valence-corrected chi connectivity index (χ4v) is 1.72. The molecule has 0 aromatic heterocycles. The van der Waals surface area contributed by atoms with E-state index in [9.17, 15) is 9.90 Å². The van der Waals surface area contributed by atoms with Crippen molar-refractivity contribution in [1.29, 1.82) is 0 Å². The van der Waals surface area contributed by atoms with E-state index in [0.29, 0.717) is 23.4 Å². The van der Waals surface area contributed by atoms with E-state index in [-0.39, 0.29) is 17.9 Å². The minimum Gasteiger partial charge on any atom is -0.496 e. The fraction of sp³-hybridized carbons (Fsp3) is 0.533. The number of rotatable bonds is 5. The third kappa shape index (κ3) is 5.91. The Kier molecular flexibility index (Phi) is 7.71. The quantitative estimate of drug-likeness (QED) is 0.816. The van der Waals surface area contributed by atoms with Crippen molar-refractivity contribution in [3.05, 3.63) is 29.3 Å². The first-order chi connectivity index (χ1) is 9.28. The highest BCUT2D eigenvalue weighted by Gasteiger charge is 2.18. The van der Waals surface area contributed by atoms with Crippen LogP contribution < -0.4 is 10.1 Å². The van der Waals surface area contributed by atoms with E-state index >= 15 is 0 Å². The number of β-amino-alcohol motifs (C(OH)–C–C–N with tert-alkyl or cyclic N) is 1. The molecule has 0 saturated heterocycles. The number of carbonyl (C=O) groups excluding carboxylic acids is 1. The zero-order valence-electron chi connectivity index (χ0n) is 13.1. The number of benzene rings is 1. The molecule has 0 radical (unpaired) electrons. The first kappa shape index (κ1) is 19.7. The van der Waals surface area contributed by atoms with E-state index in [1.165, 1.54) is 14.2 Å². The predicted molar refractivity (Wildman–Crippen MR) is 84.3 cm³/mol. The summed E-state index contributed by atoms with van der Waals surface area (Å²) in [4.78, 5) is 11.7. The van der Waals surface area contributed by atoms with Crippen LogP contribution in [0.1, 0.15) is 42.8 Å². The number of aliphatic hydroxyl groups excluding tert-OH is 1. The van der Waals surface area contributed by atoms with E-state index in [0.717, 1.165) is 0 Å². The molecule has 1 aromatic rings. The van der Waals surface area contributed by atoms with Gasteiger partial charge in [0.2, 0.25) is 0 Å². The Balaban J connectivity index is 0.00000400. The van der Waals surface area contributed by atoms with Crippen LogP contribution in [0, 0.1) is 0 Å². The number of hydrogen-bond acceptors (Lipinski definition) is 5. The Bertz CT molecular complexity index is 471. The highest BCUT2D eigenvalue weighted by Crippen LogP contribution is 2.24. The molecule has 0 bridgehead atoms.